The van der Waals surface area contributed by atoms with Crippen molar-refractivity contribution in [1.29, 1.82) is 0 Å². The third-order valence-electron chi connectivity index (χ3n) is 3.78. The molecule has 26 heavy (non-hydrogen) atoms. The van der Waals surface area contributed by atoms with Gasteiger partial charge in [0.15, 0.2) is 0 Å². The summed E-state index contributed by atoms with van der Waals surface area (Å²) < 4.78 is 6.55. The topological polar surface area (TPSA) is 94.0 Å². The van der Waals surface area contributed by atoms with Gasteiger partial charge in [0.1, 0.15) is 0 Å². The molecule has 0 aromatic carbocycles. The zero-order valence-electron chi connectivity index (χ0n) is 16.2. The van der Waals surface area contributed by atoms with Gasteiger partial charge in [-0.2, -0.15) is 5.10 Å². The van der Waals surface area contributed by atoms with E-state index < -0.39 is 0 Å². The molecule has 0 fully saturated rings. The molecule has 0 spiro atoms. The first-order valence-corrected chi connectivity index (χ1v) is 8.82. The van der Waals surface area contributed by atoms with Crippen LogP contribution in [0.5, 0.6) is 0 Å². The second-order valence-electron chi connectivity index (χ2n) is 6.48. The maximum Gasteiger partial charge on any atom is 0.254 e. The highest BCUT2D eigenvalue weighted by Crippen LogP contribution is 2.19. The Balaban J connectivity index is 2.12. The number of methoxy groups -OCH3 is 1. The van der Waals surface area contributed by atoms with Crippen LogP contribution in [0.2, 0.25) is 0 Å². The van der Waals surface area contributed by atoms with Crippen molar-refractivity contribution in [2.75, 3.05) is 33.4 Å². The molecule has 2 rings (SSSR count). The van der Waals surface area contributed by atoms with Crippen LogP contribution in [0.1, 0.15) is 47.2 Å². The van der Waals surface area contributed by atoms with Crippen molar-refractivity contribution < 1.29 is 9.53 Å². The highest BCUT2D eigenvalue weighted by molar-refractivity contribution is 5.95. The second-order valence-corrected chi connectivity index (χ2v) is 6.48. The fourth-order valence-electron chi connectivity index (χ4n) is 2.56. The summed E-state index contributed by atoms with van der Waals surface area (Å²) in [5.41, 5.74) is 3.02. The molecule has 1 amide bonds. The van der Waals surface area contributed by atoms with Crippen LogP contribution in [0.4, 0.5) is 0 Å². The highest BCUT2D eigenvalue weighted by atomic mass is 16.5. The molecule has 0 aliphatic heterocycles. The molecule has 2 aromatic rings. The fourth-order valence-corrected chi connectivity index (χ4v) is 2.56. The van der Waals surface area contributed by atoms with E-state index in [-0.39, 0.29) is 11.8 Å². The molecule has 2 N–H and O–H groups in total. The van der Waals surface area contributed by atoms with Gasteiger partial charge in [0.2, 0.25) is 0 Å². The van der Waals surface area contributed by atoms with E-state index in [1.54, 1.807) is 18.0 Å². The van der Waals surface area contributed by atoms with Crippen LogP contribution in [0.3, 0.4) is 0 Å². The van der Waals surface area contributed by atoms with Crippen LogP contribution < -0.4 is 10.6 Å². The van der Waals surface area contributed by atoms with E-state index >= 15 is 0 Å². The molecule has 0 unspecified atom stereocenters. The first-order valence-electron chi connectivity index (χ1n) is 8.82. The Morgan fingerprint density at radius 1 is 1.19 bits per heavy atom. The smallest absolute Gasteiger partial charge is 0.254 e. The maximum absolute atomic E-state index is 12.6. The zero-order valence-corrected chi connectivity index (χ0v) is 16.2. The average molecular weight is 360 g/mol. The number of ether oxygens (including phenoxy) is 1. The first kappa shape index (κ1) is 20.0. The quantitative estimate of drug-likeness (QED) is 0.656. The Hall–Kier alpha value is -2.32. The monoisotopic (exact) mass is 360 g/mol. The summed E-state index contributed by atoms with van der Waals surface area (Å²) in [4.78, 5) is 21.4. The summed E-state index contributed by atoms with van der Waals surface area (Å²) in [6, 6.07) is 1.90. The minimum atomic E-state index is -0.141. The first-order chi connectivity index (χ1) is 12.4. The van der Waals surface area contributed by atoms with E-state index in [0.717, 1.165) is 23.6 Å². The summed E-state index contributed by atoms with van der Waals surface area (Å²) in [6.45, 7) is 10.5. The van der Waals surface area contributed by atoms with Crippen LogP contribution in [-0.4, -0.2) is 59.0 Å². The normalized spacial score (nSPS) is 11.2. The predicted molar refractivity (Wildman–Crippen MR) is 99.8 cm³/mol. The second kappa shape index (κ2) is 9.40. The largest absolute Gasteiger partial charge is 0.383 e. The third-order valence-corrected chi connectivity index (χ3v) is 3.78. The van der Waals surface area contributed by atoms with E-state index in [1.807, 2.05) is 33.8 Å². The van der Waals surface area contributed by atoms with Crippen molar-refractivity contribution in [1.82, 2.24) is 30.4 Å². The lowest BCUT2D eigenvalue weighted by Gasteiger charge is -2.07. The number of amides is 1. The average Bonchev–Trinajstić information content (AvgIpc) is 3.03. The van der Waals surface area contributed by atoms with Crippen LogP contribution in [0.15, 0.2) is 12.3 Å². The molecule has 2 heterocycles. The number of hydrogen-bond donors (Lipinski definition) is 2. The minimum absolute atomic E-state index is 0.114. The van der Waals surface area contributed by atoms with Crippen molar-refractivity contribution in [3.8, 4) is 5.95 Å². The molecule has 0 radical (unpaired) electrons. The van der Waals surface area contributed by atoms with Gasteiger partial charge >= 0.3 is 0 Å². The van der Waals surface area contributed by atoms with E-state index in [9.17, 15) is 4.79 Å². The molecule has 8 heteroatoms. The van der Waals surface area contributed by atoms with Gasteiger partial charge in [-0.1, -0.05) is 13.8 Å². The van der Waals surface area contributed by atoms with Gasteiger partial charge in [-0.3, -0.25) is 4.79 Å². The number of rotatable bonds is 9. The Kier molecular flexibility index (Phi) is 7.23. The molecule has 0 aliphatic rings. The molecular weight excluding hydrogens is 332 g/mol. The summed E-state index contributed by atoms with van der Waals surface area (Å²) in [5.74, 6) is 0.449. The standard InChI is InChI=1S/C18H28N6O2/c1-12(2)16-15(17(25)20-7-6-19-8-9-26-5)11-24(23-16)18-21-13(3)10-14(4)22-18/h10-12,19H,6-9H2,1-5H3,(H,20,25). The van der Waals surface area contributed by atoms with Crippen molar-refractivity contribution in [2.45, 2.75) is 33.6 Å². The summed E-state index contributed by atoms with van der Waals surface area (Å²) in [6.07, 6.45) is 1.71. The lowest BCUT2D eigenvalue weighted by Crippen LogP contribution is -2.33. The predicted octanol–water partition coefficient (Wildman–Crippen LogP) is 1.37. The van der Waals surface area contributed by atoms with E-state index in [4.69, 9.17) is 4.74 Å². The number of nitrogens with one attached hydrogen (secondary N) is 2. The van der Waals surface area contributed by atoms with E-state index in [0.29, 0.717) is 31.2 Å². The van der Waals surface area contributed by atoms with Crippen LogP contribution in [0, 0.1) is 13.8 Å². The molecule has 0 atom stereocenters. The summed E-state index contributed by atoms with van der Waals surface area (Å²) in [5, 5.41) is 10.7. The van der Waals surface area contributed by atoms with Gasteiger partial charge in [0.05, 0.1) is 17.9 Å². The van der Waals surface area contributed by atoms with Crippen molar-refractivity contribution >= 4 is 5.91 Å². The molecule has 0 saturated carbocycles. The Labute approximate surface area is 154 Å². The van der Waals surface area contributed by atoms with Crippen molar-refractivity contribution in [3.63, 3.8) is 0 Å². The number of carbonyl (C=O) groups excluding carboxylic acids is 1. The van der Waals surface area contributed by atoms with Crippen LogP contribution in [-0.2, 0) is 4.74 Å². The lowest BCUT2D eigenvalue weighted by atomic mass is 10.1. The van der Waals surface area contributed by atoms with E-state index in [2.05, 4.69) is 25.7 Å². The Bertz CT molecular complexity index is 721. The van der Waals surface area contributed by atoms with Gasteiger partial charge in [0.25, 0.3) is 11.9 Å². The molecular formula is C18H28N6O2. The van der Waals surface area contributed by atoms with Gasteiger partial charge in [0, 0.05) is 44.3 Å². The van der Waals surface area contributed by atoms with Gasteiger partial charge in [-0.05, 0) is 25.8 Å². The van der Waals surface area contributed by atoms with E-state index in [1.165, 1.54) is 0 Å². The lowest BCUT2D eigenvalue weighted by molar-refractivity contribution is 0.0952. The minimum Gasteiger partial charge on any atom is -0.383 e. The van der Waals surface area contributed by atoms with Crippen LogP contribution >= 0.6 is 0 Å². The third kappa shape index (κ3) is 5.34. The SMILES string of the molecule is COCCNCCNC(=O)c1cn(-c2nc(C)cc(C)n2)nc1C(C)C. The summed E-state index contributed by atoms with van der Waals surface area (Å²) >= 11 is 0. The number of aromatic nitrogens is 4. The van der Waals surface area contributed by atoms with Crippen LogP contribution in [0.25, 0.3) is 5.95 Å². The van der Waals surface area contributed by atoms with Crippen molar-refractivity contribution in [3.05, 3.63) is 34.9 Å². The molecule has 142 valence electrons. The van der Waals surface area contributed by atoms with Gasteiger partial charge in [-0.15, -0.1) is 0 Å². The molecule has 0 bridgehead atoms. The number of aryl methyl sites for hydroxylation is 2. The molecule has 0 saturated heterocycles. The Morgan fingerprint density at radius 3 is 2.50 bits per heavy atom. The molecule has 8 nitrogen and oxygen atoms in total. The van der Waals surface area contributed by atoms with Gasteiger partial charge < -0.3 is 15.4 Å². The number of nitrogens with zero attached hydrogens (tertiary/aromatic N) is 4. The molecule has 0 aliphatic carbocycles. The zero-order chi connectivity index (χ0) is 19.1. The highest BCUT2D eigenvalue weighted by Gasteiger charge is 2.20. The summed E-state index contributed by atoms with van der Waals surface area (Å²) in [7, 11) is 1.66. The molecule has 2 aromatic heterocycles. The van der Waals surface area contributed by atoms with Crippen molar-refractivity contribution in [2.24, 2.45) is 0 Å². The van der Waals surface area contributed by atoms with Gasteiger partial charge in [-0.25, -0.2) is 14.6 Å². The fraction of sp³-hybridized carbons (Fsp3) is 0.556. The maximum atomic E-state index is 12.6. The Morgan fingerprint density at radius 2 is 1.88 bits per heavy atom. The number of carbonyl (C=O) groups is 1. The number of hydrogen-bond acceptors (Lipinski definition) is 6.